The van der Waals surface area contributed by atoms with Gasteiger partial charge in [-0.1, -0.05) is 54.6 Å². The Morgan fingerprint density at radius 1 is 0.781 bits per heavy atom. The molecule has 0 spiro atoms. The molecule has 32 heavy (non-hydrogen) atoms. The van der Waals surface area contributed by atoms with E-state index < -0.39 is 6.23 Å². The first-order chi connectivity index (χ1) is 15.8. The monoisotopic (exact) mass is 417 g/mol. The Bertz CT molecular complexity index is 1480. The standard InChI is InChI=1S/C28H23N3O/c1-2-30-24-14-8-6-12-21(24)23-18-19(16-17-25(23)30)29-27-22-13-7-9-15-26(22)31(28(27)32)20-10-4-3-5-11-20/h3-18,28,32H,2H2,1H3. The van der Waals surface area contributed by atoms with Crippen molar-refractivity contribution >= 4 is 44.6 Å². The minimum atomic E-state index is -0.845. The minimum Gasteiger partial charge on any atom is -0.368 e. The fraction of sp³-hybridized carbons (Fsp3) is 0.107. The number of benzene rings is 4. The van der Waals surface area contributed by atoms with E-state index in [4.69, 9.17) is 4.99 Å². The highest BCUT2D eigenvalue weighted by atomic mass is 16.3. The predicted octanol–water partition coefficient (Wildman–Crippen LogP) is 6.41. The summed E-state index contributed by atoms with van der Waals surface area (Å²) in [5.41, 5.74) is 6.82. The van der Waals surface area contributed by atoms with E-state index >= 15 is 0 Å². The Morgan fingerprint density at radius 3 is 2.34 bits per heavy atom. The van der Waals surface area contributed by atoms with Gasteiger partial charge in [0.1, 0.15) is 0 Å². The maximum atomic E-state index is 11.3. The van der Waals surface area contributed by atoms with Crippen molar-refractivity contribution in [2.45, 2.75) is 19.7 Å². The third kappa shape index (κ3) is 2.77. The molecule has 5 aromatic rings. The van der Waals surface area contributed by atoms with Gasteiger partial charge < -0.3 is 14.6 Å². The van der Waals surface area contributed by atoms with Crippen molar-refractivity contribution in [1.29, 1.82) is 0 Å². The maximum Gasteiger partial charge on any atom is 0.175 e. The molecule has 0 fully saturated rings. The predicted molar refractivity (Wildman–Crippen MR) is 132 cm³/mol. The zero-order chi connectivity index (χ0) is 21.7. The molecule has 6 rings (SSSR count). The zero-order valence-electron chi connectivity index (χ0n) is 17.8. The third-order valence-corrected chi connectivity index (χ3v) is 6.28. The Hall–Kier alpha value is -3.89. The zero-order valence-corrected chi connectivity index (χ0v) is 17.8. The van der Waals surface area contributed by atoms with Gasteiger partial charge in [-0.3, -0.25) is 0 Å². The van der Waals surface area contributed by atoms with Gasteiger partial charge in [-0.25, -0.2) is 4.99 Å². The molecule has 1 aliphatic rings. The van der Waals surface area contributed by atoms with Crippen LogP contribution in [0.4, 0.5) is 17.1 Å². The van der Waals surface area contributed by atoms with Gasteiger partial charge in [0.15, 0.2) is 6.23 Å². The fourth-order valence-corrected chi connectivity index (χ4v) is 4.87. The van der Waals surface area contributed by atoms with Crippen molar-refractivity contribution in [3.63, 3.8) is 0 Å². The second-order valence-electron chi connectivity index (χ2n) is 8.06. The number of aliphatic hydroxyl groups is 1. The van der Waals surface area contributed by atoms with E-state index in [2.05, 4.69) is 47.9 Å². The third-order valence-electron chi connectivity index (χ3n) is 6.28. The summed E-state index contributed by atoms with van der Waals surface area (Å²) in [4.78, 5) is 6.90. The Balaban J connectivity index is 1.52. The summed E-state index contributed by atoms with van der Waals surface area (Å²) >= 11 is 0. The van der Waals surface area contributed by atoms with E-state index in [9.17, 15) is 5.11 Å². The summed E-state index contributed by atoms with van der Waals surface area (Å²) in [5.74, 6) is 0. The molecule has 1 N–H and O–H groups in total. The van der Waals surface area contributed by atoms with Gasteiger partial charge in [-0.15, -0.1) is 0 Å². The number of aryl methyl sites for hydroxylation is 1. The molecule has 0 saturated carbocycles. The highest BCUT2D eigenvalue weighted by Gasteiger charge is 2.34. The molecule has 4 heteroatoms. The molecule has 0 amide bonds. The van der Waals surface area contributed by atoms with E-state index in [1.807, 2.05) is 65.6 Å². The molecule has 1 aromatic heterocycles. The van der Waals surface area contributed by atoms with Crippen LogP contribution in [0.15, 0.2) is 102 Å². The second kappa shape index (κ2) is 7.36. The smallest absolute Gasteiger partial charge is 0.175 e. The van der Waals surface area contributed by atoms with Crippen LogP contribution in [0.25, 0.3) is 21.8 Å². The van der Waals surface area contributed by atoms with Crippen LogP contribution in [-0.2, 0) is 6.54 Å². The number of hydrogen-bond acceptors (Lipinski definition) is 3. The normalized spacial score (nSPS) is 16.9. The molecule has 4 aromatic carbocycles. The lowest BCUT2D eigenvalue weighted by Crippen LogP contribution is -2.31. The molecular formula is C28H23N3O. The van der Waals surface area contributed by atoms with Crippen LogP contribution in [0, 0.1) is 0 Å². The lowest BCUT2D eigenvalue weighted by Gasteiger charge is -2.23. The van der Waals surface area contributed by atoms with Gasteiger partial charge in [-0.2, -0.15) is 0 Å². The lowest BCUT2D eigenvalue weighted by atomic mass is 10.1. The van der Waals surface area contributed by atoms with Gasteiger partial charge in [0.2, 0.25) is 0 Å². The SMILES string of the molecule is CCn1c2ccccc2c2cc(N=C3c4ccccc4N(c4ccccc4)C3O)ccc21. The number of aromatic nitrogens is 1. The van der Waals surface area contributed by atoms with E-state index in [0.29, 0.717) is 5.71 Å². The number of para-hydroxylation sites is 3. The fourth-order valence-electron chi connectivity index (χ4n) is 4.87. The van der Waals surface area contributed by atoms with Crippen LogP contribution in [0.3, 0.4) is 0 Å². The van der Waals surface area contributed by atoms with Crippen LogP contribution >= 0.6 is 0 Å². The molecular weight excluding hydrogens is 394 g/mol. The topological polar surface area (TPSA) is 40.8 Å². The quantitative estimate of drug-likeness (QED) is 0.369. The maximum absolute atomic E-state index is 11.3. The number of nitrogens with zero attached hydrogens (tertiary/aromatic N) is 3. The number of hydrogen-bond donors (Lipinski definition) is 1. The Kier molecular flexibility index (Phi) is 4.33. The lowest BCUT2D eigenvalue weighted by molar-refractivity contribution is 0.253. The summed E-state index contributed by atoms with van der Waals surface area (Å²) in [7, 11) is 0. The van der Waals surface area contributed by atoms with Crippen molar-refractivity contribution in [3.8, 4) is 0 Å². The average Bonchev–Trinajstić information content (AvgIpc) is 3.31. The van der Waals surface area contributed by atoms with Crippen LogP contribution < -0.4 is 4.90 Å². The van der Waals surface area contributed by atoms with Gasteiger partial charge in [-0.05, 0) is 49.4 Å². The van der Waals surface area contributed by atoms with Gasteiger partial charge in [0, 0.05) is 39.6 Å². The average molecular weight is 418 g/mol. The molecule has 2 heterocycles. The number of fused-ring (bicyclic) bond motifs is 4. The largest absolute Gasteiger partial charge is 0.368 e. The molecule has 1 atom stereocenters. The highest BCUT2D eigenvalue weighted by Crippen LogP contribution is 2.39. The van der Waals surface area contributed by atoms with Crippen LogP contribution in [-0.4, -0.2) is 21.6 Å². The molecule has 0 aliphatic carbocycles. The summed E-state index contributed by atoms with van der Waals surface area (Å²) in [5, 5.41) is 13.7. The van der Waals surface area contributed by atoms with Crippen LogP contribution in [0.2, 0.25) is 0 Å². The first-order valence-electron chi connectivity index (χ1n) is 11.0. The highest BCUT2D eigenvalue weighted by molar-refractivity contribution is 6.16. The number of rotatable bonds is 3. The first kappa shape index (κ1) is 18.8. The Morgan fingerprint density at radius 2 is 1.50 bits per heavy atom. The van der Waals surface area contributed by atoms with E-state index in [0.717, 1.165) is 29.2 Å². The van der Waals surface area contributed by atoms with E-state index in [1.165, 1.54) is 21.8 Å². The summed E-state index contributed by atoms with van der Waals surface area (Å²) < 4.78 is 2.33. The van der Waals surface area contributed by atoms with Gasteiger partial charge in [0.05, 0.1) is 17.1 Å². The minimum absolute atomic E-state index is 0.669. The molecule has 1 unspecified atom stereocenters. The van der Waals surface area contributed by atoms with Crippen molar-refractivity contribution in [2.24, 2.45) is 4.99 Å². The van der Waals surface area contributed by atoms with Crippen LogP contribution in [0.1, 0.15) is 12.5 Å². The van der Waals surface area contributed by atoms with Crippen molar-refractivity contribution in [3.05, 3.63) is 103 Å². The number of aliphatic imine (C=N–C) groups is 1. The summed E-state index contributed by atoms with van der Waals surface area (Å²) in [6, 6.07) is 32.8. The van der Waals surface area contributed by atoms with Gasteiger partial charge in [0.25, 0.3) is 0 Å². The molecule has 156 valence electrons. The molecule has 4 nitrogen and oxygen atoms in total. The number of aliphatic hydroxyl groups excluding tert-OH is 1. The molecule has 1 aliphatic heterocycles. The van der Waals surface area contributed by atoms with Crippen molar-refractivity contribution in [1.82, 2.24) is 4.57 Å². The van der Waals surface area contributed by atoms with E-state index in [1.54, 1.807) is 0 Å². The van der Waals surface area contributed by atoms with Crippen LogP contribution in [0.5, 0.6) is 0 Å². The summed E-state index contributed by atoms with van der Waals surface area (Å²) in [6.07, 6.45) is -0.845. The first-order valence-corrected chi connectivity index (χ1v) is 11.0. The number of anilines is 2. The van der Waals surface area contributed by atoms with E-state index in [-0.39, 0.29) is 0 Å². The molecule has 0 bridgehead atoms. The Labute approximate surface area is 186 Å². The van der Waals surface area contributed by atoms with Crippen molar-refractivity contribution < 1.29 is 5.11 Å². The summed E-state index contributed by atoms with van der Waals surface area (Å²) in [6.45, 7) is 3.08. The molecule has 0 saturated heterocycles. The van der Waals surface area contributed by atoms with Gasteiger partial charge >= 0.3 is 0 Å². The second-order valence-corrected chi connectivity index (χ2v) is 8.06. The molecule has 0 radical (unpaired) electrons. The van der Waals surface area contributed by atoms with Crippen molar-refractivity contribution in [2.75, 3.05) is 4.90 Å².